The molecule has 0 bridgehead atoms. The number of hydrogen-bond donors (Lipinski definition) is 0. The van der Waals surface area contributed by atoms with Gasteiger partial charge >= 0.3 is 0 Å². The first-order valence-corrected chi connectivity index (χ1v) is 9.04. The summed E-state index contributed by atoms with van der Waals surface area (Å²) in [4.78, 5) is 0. The monoisotopic (exact) mass is 282 g/mol. The molecule has 0 unspecified atom stereocenters. The lowest BCUT2D eigenvalue weighted by molar-refractivity contribution is 0.171. The summed E-state index contributed by atoms with van der Waals surface area (Å²) in [7, 11) is 0. The third kappa shape index (κ3) is 3.78. The molecule has 0 spiro atoms. The lowest BCUT2D eigenvalue weighted by Gasteiger charge is -2.37. The summed E-state index contributed by atoms with van der Waals surface area (Å²) in [5.74, 6) is 3.77. The highest BCUT2D eigenvalue weighted by Gasteiger charge is 2.30. The van der Waals surface area contributed by atoms with E-state index in [-0.39, 0.29) is 0 Å². The average Bonchev–Trinajstić information content (AvgIpc) is 2.57. The quantitative estimate of drug-likeness (QED) is 0.567. The molecular weight excluding hydrogens is 252 g/mol. The molecule has 0 radical (unpaired) electrons. The standard InChI is InChI=1S/C21H30/c1-2-6-17-9-11-19(12-10-17)21-15-13-20(14-16-21)18-7-4-3-5-8-18/h2-8,17,19-21H,9-16H2,1H3/b6-2+. The highest BCUT2D eigenvalue weighted by atomic mass is 14.4. The Labute approximate surface area is 130 Å². The van der Waals surface area contributed by atoms with Gasteiger partial charge in [-0.1, -0.05) is 42.5 Å². The van der Waals surface area contributed by atoms with Crippen molar-refractivity contribution in [1.82, 2.24) is 0 Å². The molecule has 0 amide bonds. The van der Waals surface area contributed by atoms with Gasteiger partial charge in [0, 0.05) is 0 Å². The first-order valence-electron chi connectivity index (χ1n) is 9.04. The summed E-state index contributed by atoms with van der Waals surface area (Å²) in [6.45, 7) is 2.16. The molecule has 0 nitrogen and oxygen atoms in total. The third-order valence-electron chi connectivity index (χ3n) is 5.99. The zero-order chi connectivity index (χ0) is 14.5. The molecule has 2 aliphatic carbocycles. The average molecular weight is 282 g/mol. The van der Waals surface area contributed by atoms with Crippen LogP contribution in [0.15, 0.2) is 42.5 Å². The van der Waals surface area contributed by atoms with Crippen molar-refractivity contribution in [2.24, 2.45) is 17.8 Å². The zero-order valence-corrected chi connectivity index (χ0v) is 13.5. The van der Waals surface area contributed by atoms with E-state index in [4.69, 9.17) is 0 Å². The Morgan fingerprint density at radius 2 is 1.33 bits per heavy atom. The molecule has 114 valence electrons. The fraction of sp³-hybridized carbons (Fsp3) is 0.619. The summed E-state index contributed by atoms with van der Waals surface area (Å²) >= 11 is 0. The van der Waals surface area contributed by atoms with Crippen molar-refractivity contribution >= 4 is 0 Å². The van der Waals surface area contributed by atoms with Crippen molar-refractivity contribution in [2.75, 3.05) is 0 Å². The van der Waals surface area contributed by atoms with Crippen LogP contribution in [0.3, 0.4) is 0 Å². The summed E-state index contributed by atoms with van der Waals surface area (Å²) in [6, 6.07) is 11.2. The summed E-state index contributed by atoms with van der Waals surface area (Å²) < 4.78 is 0. The molecule has 3 rings (SSSR count). The van der Waals surface area contributed by atoms with Crippen molar-refractivity contribution in [3.63, 3.8) is 0 Å². The molecule has 0 N–H and O–H groups in total. The van der Waals surface area contributed by atoms with Crippen LogP contribution in [0, 0.1) is 17.8 Å². The maximum atomic E-state index is 2.43. The lowest BCUT2D eigenvalue weighted by Crippen LogP contribution is -2.25. The van der Waals surface area contributed by atoms with Gasteiger partial charge in [-0.25, -0.2) is 0 Å². The second-order valence-electron chi connectivity index (χ2n) is 7.22. The SMILES string of the molecule is C/C=C/C1CCC(C2CCC(c3ccccc3)CC2)CC1. The van der Waals surface area contributed by atoms with Gasteiger partial charge in [-0.15, -0.1) is 0 Å². The van der Waals surface area contributed by atoms with E-state index in [2.05, 4.69) is 49.4 Å². The van der Waals surface area contributed by atoms with Crippen molar-refractivity contribution in [1.29, 1.82) is 0 Å². The van der Waals surface area contributed by atoms with Gasteiger partial charge in [-0.3, -0.25) is 0 Å². The maximum Gasteiger partial charge on any atom is -0.0162 e. The molecule has 0 heterocycles. The Morgan fingerprint density at radius 3 is 1.90 bits per heavy atom. The fourth-order valence-corrected chi connectivity index (χ4v) is 4.73. The molecule has 1 aromatic carbocycles. The lowest BCUT2D eigenvalue weighted by atomic mass is 9.68. The fourth-order valence-electron chi connectivity index (χ4n) is 4.73. The summed E-state index contributed by atoms with van der Waals surface area (Å²) in [5, 5.41) is 0. The number of rotatable bonds is 3. The van der Waals surface area contributed by atoms with Gasteiger partial charge in [0.25, 0.3) is 0 Å². The molecule has 0 saturated heterocycles. The number of hydrogen-bond acceptors (Lipinski definition) is 0. The molecule has 2 fully saturated rings. The van der Waals surface area contributed by atoms with Crippen LogP contribution in [0.4, 0.5) is 0 Å². The highest BCUT2D eigenvalue weighted by Crippen LogP contribution is 2.43. The van der Waals surface area contributed by atoms with Gasteiger partial charge in [-0.05, 0) is 87.5 Å². The van der Waals surface area contributed by atoms with Crippen molar-refractivity contribution in [3.8, 4) is 0 Å². The Balaban J connectivity index is 1.48. The minimum Gasteiger partial charge on any atom is -0.0914 e. The van der Waals surface area contributed by atoms with E-state index in [1.807, 2.05) is 0 Å². The second-order valence-corrected chi connectivity index (χ2v) is 7.22. The van der Waals surface area contributed by atoms with E-state index >= 15 is 0 Å². The molecule has 2 saturated carbocycles. The van der Waals surface area contributed by atoms with Crippen LogP contribution in [0.2, 0.25) is 0 Å². The van der Waals surface area contributed by atoms with Crippen molar-refractivity contribution < 1.29 is 0 Å². The van der Waals surface area contributed by atoms with Gasteiger partial charge in [0.2, 0.25) is 0 Å². The van der Waals surface area contributed by atoms with Crippen LogP contribution in [-0.2, 0) is 0 Å². The largest absolute Gasteiger partial charge is 0.0914 e. The van der Waals surface area contributed by atoms with E-state index in [1.165, 1.54) is 51.4 Å². The molecule has 0 aromatic heterocycles. The smallest absolute Gasteiger partial charge is 0.0162 e. The van der Waals surface area contributed by atoms with Crippen LogP contribution in [0.5, 0.6) is 0 Å². The molecular formula is C21H30. The minimum absolute atomic E-state index is 0.835. The van der Waals surface area contributed by atoms with Gasteiger partial charge < -0.3 is 0 Å². The number of allylic oxidation sites excluding steroid dienone is 2. The topological polar surface area (TPSA) is 0 Å². The van der Waals surface area contributed by atoms with Crippen LogP contribution < -0.4 is 0 Å². The first-order chi connectivity index (χ1) is 10.4. The van der Waals surface area contributed by atoms with Crippen LogP contribution in [0.25, 0.3) is 0 Å². The van der Waals surface area contributed by atoms with Gasteiger partial charge in [0.1, 0.15) is 0 Å². The van der Waals surface area contributed by atoms with E-state index in [1.54, 1.807) is 5.56 Å². The van der Waals surface area contributed by atoms with E-state index in [9.17, 15) is 0 Å². The molecule has 0 heteroatoms. The first kappa shape index (κ1) is 14.9. The highest BCUT2D eigenvalue weighted by molar-refractivity contribution is 5.19. The molecule has 0 atom stereocenters. The Morgan fingerprint density at radius 1 is 0.762 bits per heavy atom. The van der Waals surface area contributed by atoms with Crippen LogP contribution in [-0.4, -0.2) is 0 Å². The summed E-state index contributed by atoms with van der Waals surface area (Å²) in [5.41, 5.74) is 1.58. The minimum atomic E-state index is 0.835. The molecule has 0 aliphatic heterocycles. The van der Waals surface area contributed by atoms with E-state index in [0.717, 1.165) is 23.7 Å². The van der Waals surface area contributed by atoms with Crippen LogP contribution >= 0.6 is 0 Å². The molecule has 21 heavy (non-hydrogen) atoms. The molecule has 2 aliphatic rings. The normalized spacial score (nSPS) is 34.1. The van der Waals surface area contributed by atoms with Gasteiger partial charge in [-0.2, -0.15) is 0 Å². The third-order valence-corrected chi connectivity index (χ3v) is 5.99. The number of benzene rings is 1. The van der Waals surface area contributed by atoms with Crippen LogP contribution in [0.1, 0.15) is 69.8 Å². The summed E-state index contributed by atoms with van der Waals surface area (Å²) in [6.07, 6.45) is 16.3. The van der Waals surface area contributed by atoms with Crippen molar-refractivity contribution in [2.45, 2.75) is 64.2 Å². The Hall–Kier alpha value is -1.04. The predicted molar refractivity (Wildman–Crippen MR) is 91.4 cm³/mol. The molecule has 1 aromatic rings. The predicted octanol–water partition coefficient (Wildman–Crippen LogP) is 6.34. The maximum absolute atomic E-state index is 2.43. The second kappa shape index (κ2) is 7.29. The Bertz CT molecular complexity index is 428. The van der Waals surface area contributed by atoms with Crippen molar-refractivity contribution in [3.05, 3.63) is 48.0 Å². The zero-order valence-electron chi connectivity index (χ0n) is 13.5. The van der Waals surface area contributed by atoms with Gasteiger partial charge in [0.05, 0.1) is 0 Å². The Kier molecular flexibility index (Phi) is 5.17. The van der Waals surface area contributed by atoms with E-state index < -0.39 is 0 Å². The van der Waals surface area contributed by atoms with Gasteiger partial charge in [0.15, 0.2) is 0 Å². The van der Waals surface area contributed by atoms with E-state index in [0.29, 0.717) is 0 Å².